The van der Waals surface area contributed by atoms with Crippen molar-refractivity contribution in [2.45, 2.75) is 26.2 Å². The molecule has 2 heterocycles. The van der Waals surface area contributed by atoms with E-state index in [1.807, 2.05) is 0 Å². The van der Waals surface area contributed by atoms with Gasteiger partial charge in [-0.3, -0.25) is 0 Å². The Morgan fingerprint density at radius 3 is 2.69 bits per heavy atom. The molecule has 0 bridgehead atoms. The van der Waals surface area contributed by atoms with Crippen LogP contribution in [0.2, 0.25) is 0 Å². The molecule has 0 aromatic carbocycles. The van der Waals surface area contributed by atoms with Crippen molar-refractivity contribution in [3.8, 4) is 0 Å². The van der Waals surface area contributed by atoms with Gasteiger partial charge in [0.2, 0.25) is 0 Å². The van der Waals surface area contributed by atoms with Crippen molar-refractivity contribution in [1.82, 2.24) is 4.90 Å². The van der Waals surface area contributed by atoms with E-state index in [-0.39, 0.29) is 0 Å². The van der Waals surface area contributed by atoms with Crippen LogP contribution in [0.5, 0.6) is 0 Å². The van der Waals surface area contributed by atoms with Crippen LogP contribution in [-0.4, -0.2) is 44.8 Å². The van der Waals surface area contributed by atoms with E-state index in [9.17, 15) is 0 Å². The number of piperidine rings is 1. The smallest absolute Gasteiger partial charge is 0.0551 e. The zero-order chi connectivity index (χ0) is 11.6. The Morgan fingerprint density at radius 1 is 1.50 bits per heavy atom. The highest BCUT2D eigenvalue weighted by molar-refractivity contribution is 4.98. The van der Waals surface area contributed by atoms with Gasteiger partial charge in [-0.25, -0.2) is 0 Å². The van der Waals surface area contributed by atoms with Crippen LogP contribution in [0.25, 0.3) is 0 Å². The molecular formula is C13H26N2O. The Kier molecular flexibility index (Phi) is 3.88. The fourth-order valence-corrected chi connectivity index (χ4v) is 3.59. The Bertz CT molecular complexity index is 224. The van der Waals surface area contributed by atoms with Crippen molar-refractivity contribution in [3.05, 3.63) is 0 Å². The minimum Gasteiger partial charge on any atom is -0.380 e. The van der Waals surface area contributed by atoms with Gasteiger partial charge in [-0.2, -0.15) is 0 Å². The SMILES string of the molecule is CCC(CN)C1(C2CCCN(C)C2)COC1. The van der Waals surface area contributed by atoms with E-state index in [1.54, 1.807) is 0 Å². The topological polar surface area (TPSA) is 38.5 Å². The summed E-state index contributed by atoms with van der Waals surface area (Å²) >= 11 is 0. The second kappa shape index (κ2) is 5.03. The van der Waals surface area contributed by atoms with Crippen molar-refractivity contribution in [3.63, 3.8) is 0 Å². The van der Waals surface area contributed by atoms with Gasteiger partial charge in [-0.1, -0.05) is 13.3 Å². The zero-order valence-electron chi connectivity index (χ0n) is 10.7. The van der Waals surface area contributed by atoms with Crippen molar-refractivity contribution >= 4 is 0 Å². The molecule has 2 N–H and O–H groups in total. The first-order valence-corrected chi connectivity index (χ1v) is 6.69. The Morgan fingerprint density at radius 2 is 2.25 bits per heavy atom. The third kappa shape index (κ3) is 2.01. The van der Waals surface area contributed by atoms with Gasteiger partial charge in [0.1, 0.15) is 0 Å². The summed E-state index contributed by atoms with van der Waals surface area (Å²) in [6.45, 7) is 7.47. The molecule has 3 heteroatoms. The van der Waals surface area contributed by atoms with Gasteiger partial charge in [0.25, 0.3) is 0 Å². The van der Waals surface area contributed by atoms with E-state index < -0.39 is 0 Å². The van der Waals surface area contributed by atoms with Gasteiger partial charge < -0.3 is 15.4 Å². The van der Waals surface area contributed by atoms with Crippen LogP contribution >= 0.6 is 0 Å². The summed E-state index contributed by atoms with van der Waals surface area (Å²) in [6, 6.07) is 0. The highest BCUT2D eigenvalue weighted by Gasteiger charge is 2.50. The van der Waals surface area contributed by atoms with Gasteiger partial charge in [-0.05, 0) is 44.8 Å². The molecule has 16 heavy (non-hydrogen) atoms. The lowest BCUT2D eigenvalue weighted by Gasteiger charge is -2.54. The predicted molar refractivity (Wildman–Crippen MR) is 66.3 cm³/mol. The molecule has 0 saturated carbocycles. The molecule has 0 aromatic rings. The Balaban J connectivity index is 2.07. The van der Waals surface area contributed by atoms with Crippen molar-refractivity contribution in [2.75, 3.05) is 39.9 Å². The molecule has 2 atom stereocenters. The van der Waals surface area contributed by atoms with Gasteiger partial charge in [0.05, 0.1) is 13.2 Å². The molecule has 2 unspecified atom stereocenters. The average Bonchev–Trinajstić information content (AvgIpc) is 2.23. The molecule has 2 fully saturated rings. The van der Waals surface area contributed by atoms with Crippen LogP contribution in [0.4, 0.5) is 0 Å². The highest BCUT2D eigenvalue weighted by atomic mass is 16.5. The summed E-state index contributed by atoms with van der Waals surface area (Å²) in [6.07, 6.45) is 3.90. The van der Waals surface area contributed by atoms with Crippen LogP contribution in [0.3, 0.4) is 0 Å². The number of ether oxygens (including phenoxy) is 1. The molecular weight excluding hydrogens is 200 g/mol. The molecule has 2 saturated heterocycles. The summed E-state index contributed by atoms with van der Waals surface area (Å²) in [7, 11) is 2.24. The minimum atomic E-state index is 0.401. The number of rotatable bonds is 4. The maximum absolute atomic E-state index is 5.95. The maximum Gasteiger partial charge on any atom is 0.0551 e. The first-order valence-electron chi connectivity index (χ1n) is 6.69. The molecule has 0 radical (unpaired) electrons. The Labute approximate surface area is 99.3 Å². The van der Waals surface area contributed by atoms with Crippen LogP contribution in [0.15, 0.2) is 0 Å². The fourth-order valence-electron chi connectivity index (χ4n) is 3.59. The molecule has 2 aliphatic heterocycles. The summed E-state index contributed by atoms with van der Waals surface area (Å²) in [5.74, 6) is 1.45. The fraction of sp³-hybridized carbons (Fsp3) is 1.00. The number of nitrogens with zero attached hydrogens (tertiary/aromatic N) is 1. The van der Waals surface area contributed by atoms with E-state index in [1.165, 1.54) is 32.4 Å². The highest BCUT2D eigenvalue weighted by Crippen LogP contribution is 2.47. The molecule has 3 nitrogen and oxygen atoms in total. The van der Waals surface area contributed by atoms with Gasteiger partial charge >= 0.3 is 0 Å². The largest absolute Gasteiger partial charge is 0.380 e. The van der Waals surface area contributed by atoms with Crippen molar-refractivity contribution in [2.24, 2.45) is 23.0 Å². The van der Waals surface area contributed by atoms with Crippen LogP contribution in [0, 0.1) is 17.3 Å². The minimum absolute atomic E-state index is 0.401. The third-order valence-corrected chi connectivity index (χ3v) is 4.77. The molecule has 2 aliphatic rings. The summed E-state index contributed by atoms with van der Waals surface area (Å²) in [4.78, 5) is 2.47. The van der Waals surface area contributed by atoms with Crippen LogP contribution in [0.1, 0.15) is 26.2 Å². The van der Waals surface area contributed by atoms with E-state index >= 15 is 0 Å². The first kappa shape index (κ1) is 12.3. The summed E-state index contributed by atoms with van der Waals surface area (Å²) < 4.78 is 5.54. The molecule has 0 spiro atoms. The number of hydrogen-bond acceptors (Lipinski definition) is 3. The van der Waals surface area contributed by atoms with E-state index in [2.05, 4.69) is 18.9 Å². The molecule has 0 amide bonds. The lowest BCUT2D eigenvalue weighted by molar-refractivity contribution is -0.186. The number of likely N-dealkylation sites (tertiary alicyclic amines) is 1. The molecule has 0 aromatic heterocycles. The summed E-state index contributed by atoms with van der Waals surface area (Å²) in [5, 5.41) is 0. The Hall–Kier alpha value is -0.120. The van der Waals surface area contributed by atoms with Gasteiger partial charge in [0, 0.05) is 12.0 Å². The molecule has 94 valence electrons. The zero-order valence-corrected chi connectivity index (χ0v) is 10.7. The average molecular weight is 226 g/mol. The quantitative estimate of drug-likeness (QED) is 0.786. The first-order chi connectivity index (χ1) is 7.73. The summed E-state index contributed by atoms with van der Waals surface area (Å²) in [5.41, 5.74) is 6.35. The van der Waals surface area contributed by atoms with E-state index in [0.29, 0.717) is 11.3 Å². The van der Waals surface area contributed by atoms with Crippen molar-refractivity contribution < 1.29 is 4.74 Å². The van der Waals surface area contributed by atoms with Gasteiger partial charge in [0.15, 0.2) is 0 Å². The molecule has 0 aliphatic carbocycles. The van der Waals surface area contributed by atoms with Crippen molar-refractivity contribution in [1.29, 1.82) is 0 Å². The van der Waals surface area contributed by atoms with Crippen LogP contribution < -0.4 is 5.73 Å². The third-order valence-electron chi connectivity index (χ3n) is 4.77. The second-order valence-corrected chi connectivity index (χ2v) is 5.67. The lowest BCUT2D eigenvalue weighted by atomic mass is 9.62. The van der Waals surface area contributed by atoms with Crippen LogP contribution in [-0.2, 0) is 4.74 Å². The number of nitrogens with two attached hydrogens (primary N) is 1. The van der Waals surface area contributed by atoms with E-state index in [0.717, 1.165) is 25.7 Å². The normalized spacial score (nSPS) is 32.1. The standard InChI is InChI=1S/C13H26N2O/c1-3-11(7-14)13(9-16-10-13)12-5-4-6-15(2)8-12/h11-12H,3-10,14H2,1-2H3. The predicted octanol–water partition coefficient (Wildman–Crippen LogP) is 1.33. The van der Waals surface area contributed by atoms with E-state index in [4.69, 9.17) is 10.5 Å². The molecule has 2 rings (SSSR count). The lowest BCUT2D eigenvalue weighted by Crippen LogP contribution is -2.58. The monoisotopic (exact) mass is 226 g/mol. The van der Waals surface area contributed by atoms with Gasteiger partial charge in [-0.15, -0.1) is 0 Å². The maximum atomic E-state index is 5.95. The number of hydrogen-bond donors (Lipinski definition) is 1. The second-order valence-electron chi connectivity index (χ2n) is 5.67.